The van der Waals surface area contributed by atoms with Crippen LogP contribution < -0.4 is 10.1 Å². The molecule has 7 heteroatoms. The van der Waals surface area contributed by atoms with E-state index in [4.69, 9.17) is 13.9 Å². The molecule has 0 aliphatic carbocycles. The van der Waals surface area contributed by atoms with Crippen molar-refractivity contribution in [3.8, 4) is 5.75 Å². The molecule has 0 spiro atoms. The van der Waals surface area contributed by atoms with Crippen molar-refractivity contribution in [2.24, 2.45) is 5.41 Å². The zero-order valence-electron chi connectivity index (χ0n) is 18.2. The first kappa shape index (κ1) is 22.1. The van der Waals surface area contributed by atoms with Crippen LogP contribution in [0.25, 0.3) is 11.0 Å². The molecule has 1 aromatic heterocycles. The summed E-state index contributed by atoms with van der Waals surface area (Å²) in [7, 11) is 1.56. The van der Waals surface area contributed by atoms with Gasteiger partial charge in [-0.25, -0.2) is 4.79 Å². The zero-order chi connectivity index (χ0) is 22.8. The van der Waals surface area contributed by atoms with E-state index < -0.39 is 18.0 Å². The van der Waals surface area contributed by atoms with Crippen LogP contribution in [0.3, 0.4) is 0 Å². The maximum Gasteiger partial charge on any atom is 0.375 e. The lowest BCUT2D eigenvalue weighted by Gasteiger charge is -2.17. The lowest BCUT2D eigenvalue weighted by molar-refractivity contribution is -0.123. The standard InChI is InChI=1S/C24H25NO6/c1-14-18-12-17(29-5)10-11-20(18)31-21(14)22(27)30-13-19(26)15-6-8-16(9-7-15)25-23(28)24(2,3)4/h6-12H,13H2,1-5H3,(H,25,28). The predicted octanol–water partition coefficient (Wildman–Crippen LogP) is 4.77. The number of rotatable bonds is 6. The van der Waals surface area contributed by atoms with Gasteiger partial charge in [0.15, 0.2) is 12.4 Å². The summed E-state index contributed by atoms with van der Waals surface area (Å²) in [6.45, 7) is 6.76. The van der Waals surface area contributed by atoms with Crippen molar-refractivity contribution in [2.75, 3.05) is 19.0 Å². The van der Waals surface area contributed by atoms with Gasteiger partial charge in [-0.05, 0) is 49.4 Å². The average Bonchev–Trinajstić information content (AvgIpc) is 3.07. The quantitative estimate of drug-likeness (QED) is 0.453. The van der Waals surface area contributed by atoms with Gasteiger partial charge in [0.2, 0.25) is 11.7 Å². The number of fused-ring (bicyclic) bond motifs is 1. The number of aryl methyl sites for hydroxylation is 1. The Morgan fingerprint density at radius 3 is 2.32 bits per heavy atom. The number of furan rings is 1. The molecule has 7 nitrogen and oxygen atoms in total. The molecule has 3 rings (SSSR count). The highest BCUT2D eigenvalue weighted by Crippen LogP contribution is 2.29. The number of ether oxygens (including phenoxy) is 2. The number of nitrogens with one attached hydrogen (secondary N) is 1. The number of Topliss-reactive ketones (excluding diaryl/α,β-unsaturated/α-hetero) is 1. The first-order valence-electron chi connectivity index (χ1n) is 9.79. The van der Waals surface area contributed by atoms with Crippen molar-refractivity contribution in [1.82, 2.24) is 0 Å². The number of anilines is 1. The number of carbonyl (C=O) groups is 3. The fraction of sp³-hybridized carbons (Fsp3) is 0.292. The van der Waals surface area contributed by atoms with Gasteiger partial charge in [0, 0.05) is 27.6 Å². The summed E-state index contributed by atoms with van der Waals surface area (Å²) < 4.78 is 16.0. The van der Waals surface area contributed by atoms with Gasteiger partial charge in [-0.1, -0.05) is 20.8 Å². The van der Waals surface area contributed by atoms with E-state index in [2.05, 4.69) is 5.32 Å². The summed E-state index contributed by atoms with van der Waals surface area (Å²) in [6, 6.07) is 11.6. The highest BCUT2D eigenvalue weighted by atomic mass is 16.5. The lowest BCUT2D eigenvalue weighted by atomic mass is 9.95. The summed E-state index contributed by atoms with van der Waals surface area (Å²) >= 11 is 0. The van der Waals surface area contributed by atoms with Crippen LogP contribution in [-0.4, -0.2) is 31.4 Å². The molecule has 0 unspecified atom stereocenters. The van der Waals surface area contributed by atoms with Crippen LogP contribution in [0.4, 0.5) is 5.69 Å². The van der Waals surface area contributed by atoms with E-state index in [0.29, 0.717) is 28.1 Å². The number of methoxy groups -OCH3 is 1. The Morgan fingerprint density at radius 2 is 1.71 bits per heavy atom. The van der Waals surface area contributed by atoms with E-state index in [1.807, 2.05) is 20.8 Å². The summed E-state index contributed by atoms with van der Waals surface area (Å²) in [5.41, 5.74) is 1.58. The monoisotopic (exact) mass is 423 g/mol. The maximum atomic E-state index is 12.4. The number of esters is 1. The van der Waals surface area contributed by atoms with Crippen molar-refractivity contribution in [1.29, 1.82) is 0 Å². The molecule has 0 saturated heterocycles. The van der Waals surface area contributed by atoms with Crippen molar-refractivity contribution in [3.63, 3.8) is 0 Å². The van der Waals surface area contributed by atoms with Crippen LogP contribution in [0, 0.1) is 12.3 Å². The fourth-order valence-electron chi connectivity index (χ4n) is 2.86. The summed E-state index contributed by atoms with van der Waals surface area (Å²) in [4.78, 5) is 36.9. The molecular formula is C24H25NO6. The Kier molecular flexibility index (Phi) is 6.15. The molecule has 2 aromatic carbocycles. The van der Waals surface area contributed by atoms with Gasteiger partial charge in [0.1, 0.15) is 11.3 Å². The van der Waals surface area contributed by atoms with E-state index in [1.165, 1.54) is 0 Å². The molecule has 1 amide bonds. The van der Waals surface area contributed by atoms with E-state index >= 15 is 0 Å². The summed E-state index contributed by atoms with van der Waals surface area (Å²) in [5.74, 6) is -0.503. The predicted molar refractivity (Wildman–Crippen MR) is 117 cm³/mol. The number of amides is 1. The molecule has 0 fully saturated rings. The topological polar surface area (TPSA) is 94.8 Å². The van der Waals surface area contributed by atoms with E-state index in [1.54, 1.807) is 56.5 Å². The average molecular weight is 423 g/mol. The fourth-order valence-corrected chi connectivity index (χ4v) is 2.86. The number of benzene rings is 2. The van der Waals surface area contributed by atoms with E-state index in [0.717, 1.165) is 5.39 Å². The highest BCUT2D eigenvalue weighted by molar-refractivity contribution is 6.01. The minimum atomic E-state index is -0.713. The normalized spacial score (nSPS) is 11.3. The Morgan fingerprint density at radius 1 is 1.03 bits per heavy atom. The molecular weight excluding hydrogens is 398 g/mol. The van der Waals surface area contributed by atoms with Crippen LogP contribution in [0.15, 0.2) is 46.9 Å². The molecule has 0 radical (unpaired) electrons. The highest BCUT2D eigenvalue weighted by Gasteiger charge is 2.22. The molecule has 0 saturated carbocycles. The van der Waals surface area contributed by atoms with Crippen LogP contribution >= 0.6 is 0 Å². The molecule has 0 aliphatic rings. The Labute approximate surface area is 180 Å². The third-order valence-electron chi connectivity index (χ3n) is 4.81. The molecule has 1 N–H and O–H groups in total. The molecule has 31 heavy (non-hydrogen) atoms. The second-order valence-corrected chi connectivity index (χ2v) is 8.20. The smallest absolute Gasteiger partial charge is 0.375 e. The first-order chi connectivity index (χ1) is 14.6. The van der Waals surface area contributed by atoms with Gasteiger partial charge in [0.25, 0.3) is 0 Å². The van der Waals surface area contributed by atoms with Crippen LogP contribution in [0.1, 0.15) is 47.2 Å². The Bertz CT molecular complexity index is 1140. The largest absolute Gasteiger partial charge is 0.497 e. The maximum absolute atomic E-state index is 12.4. The number of ketones is 1. The summed E-state index contributed by atoms with van der Waals surface area (Å²) in [6.07, 6.45) is 0. The Hall–Kier alpha value is -3.61. The van der Waals surface area contributed by atoms with Gasteiger partial charge in [-0.3, -0.25) is 9.59 Å². The van der Waals surface area contributed by atoms with E-state index in [9.17, 15) is 14.4 Å². The van der Waals surface area contributed by atoms with Gasteiger partial charge < -0.3 is 19.2 Å². The number of carbonyl (C=O) groups excluding carboxylic acids is 3. The van der Waals surface area contributed by atoms with Gasteiger partial charge >= 0.3 is 5.97 Å². The SMILES string of the molecule is COc1ccc2oc(C(=O)OCC(=O)c3ccc(NC(=O)C(C)(C)C)cc3)c(C)c2c1. The minimum absolute atomic E-state index is 0.0521. The van der Waals surface area contributed by atoms with Crippen LogP contribution in [0.2, 0.25) is 0 Å². The second kappa shape index (κ2) is 8.63. The van der Waals surface area contributed by atoms with Crippen molar-refractivity contribution in [2.45, 2.75) is 27.7 Å². The van der Waals surface area contributed by atoms with E-state index in [-0.39, 0.29) is 17.5 Å². The second-order valence-electron chi connectivity index (χ2n) is 8.20. The molecule has 162 valence electrons. The third-order valence-corrected chi connectivity index (χ3v) is 4.81. The van der Waals surface area contributed by atoms with Crippen LogP contribution in [-0.2, 0) is 9.53 Å². The lowest BCUT2D eigenvalue weighted by Crippen LogP contribution is -2.27. The molecule has 0 atom stereocenters. The third kappa shape index (κ3) is 4.94. The number of hydrogen-bond donors (Lipinski definition) is 1. The number of hydrogen-bond acceptors (Lipinski definition) is 6. The minimum Gasteiger partial charge on any atom is -0.497 e. The van der Waals surface area contributed by atoms with Gasteiger partial charge in [-0.2, -0.15) is 0 Å². The first-order valence-corrected chi connectivity index (χ1v) is 9.79. The van der Waals surface area contributed by atoms with Crippen molar-refractivity contribution in [3.05, 3.63) is 59.4 Å². The molecule has 0 bridgehead atoms. The van der Waals surface area contributed by atoms with Crippen molar-refractivity contribution < 1.29 is 28.3 Å². The Balaban J connectivity index is 1.64. The van der Waals surface area contributed by atoms with Gasteiger partial charge in [0.05, 0.1) is 7.11 Å². The molecule has 0 aliphatic heterocycles. The zero-order valence-corrected chi connectivity index (χ0v) is 18.2. The van der Waals surface area contributed by atoms with Gasteiger partial charge in [-0.15, -0.1) is 0 Å². The van der Waals surface area contributed by atoms with Crippen molar-refractivity contribution >= 4 is 34.3 Å². The van der Waals surface area contributed by atoms with Crippen LogP contribution in [0.5, 0.6) is 5.75 Å². The molecule has 3 aromatic rings. The molecule has 1 heterocycles. The summed E-state index contributed by atoms with van der Waals surface area (Å²) in [5, 5.41) is 3.53.